The van der Waals surface area contributed by atoms with Crippen LogP contribution in [-0.2, 0) is 4.74 Å². The molecule has 0 aliphatic carbocycles. The molecule has 0 aromatic heterocycles. The third-order valence-corrected chi connectivity index (χ3v) is 3.91. The molecule has 106 valence electrons. The molecular formula is C14H18Cl2O3. The van der Waals surface area contributed by atoms with Gasteiger partial charge < -0.3 is 14.6 Å². The third-order valence-electron chi connectivity index (χ3n) is 3.29. The van der Waals surface area contributed by atoms with Gasteiger partial charge in [0, 0.05) is 11.6 Å². The lowest BCUT2D eigenvalue weighted by Crippen LogP contribution is -2.19. The fourth-order valence-corrected chi connectivity index (χ4v) is 2.79. The van der Waals surface area contributed by atoms with Crippen molar-refractivity contribution in [2.75, 3.05) is 6.61 Å². The summed E-state index contributed by atoms with van der Waals surface area (Å²) in [5.41, 5.74) is 0.592. The van der Waals surface area contributed by atoms with Crippen molar-refractivity contribution >= 4 is 23.2 Å². The molecular weight excluding hydrogens is 287 g/mol. The SMILES string of the molecule is CCOc1cc(Cl)c(C(O)C2CCC(C)O2)cc1Cl. The molecule has 0 bridgehead atoms. The van der Waals surface area contributed by atoms with E-state index in [0.29, 0.717) is 28.0 Å². The maximum atomic E-state index is 10.4. The maximum absolute atomic E-state index is 10.4. The van der Waals surface area contributed by atoms with Crippen LogP contribution < -0.4 is 4.74 Å². The van der Waals surface area contributed by atoms with Crippen molar-refractivity contribution in [3.8, 4) is 5.75 Å². The molecule has 3 nitrogen and oxygen atoms in total. The summed E-state index contributed by atoms with van der Waals surface area (Å²) < 4.78 is 11.0. The second-order valence-electron chi connectivity index (χ2n) is 4.74. The quantitative estimate of drug-likeness (QED) is 0.914. The van der Waals surface area contributed by atoms with E-state index in [2.05, 4.69) is 0 Å². The van der Waals surface area contributed by atoms with E-state index in [4.69, 9.17) is 32.7 Å². The topological polar surface area (TPSA) is 38.7 Å². The predicted octanol–water partition coefficient (Wildman–Crippen LogP) is 3.99. The Kier molecular flexibility index (Phi) is 4.96. The van der Waals surface area contributed by atoms with Crippen molar-refractivity contribution in [2.45, 2.75) is 45.0 Å². The highest BCUT2D eigenvalue weighted by Crippen LogP contribution is 2.38. The Morgan fingerprint density at radius 2 is 2.11 bits per heavy atom. The standard InChI is InChI=1S/C14H18Cl2O3/c1-3-18-13-7-10(15)9(6-11(13)16)14(17)12-5-4-8(2)19-12/h6-8,12,14,17H,3-5H2,1-2H3. The van der Waals surface area contributed by atoms with Crippen LogP contribution in [0.4, 0.5) is 0 Å². The molecule has 3 atom stereocenters. The first-order valence-corrected chi connectivity index (χ1v) is 7.23. The highest BCUT2D eigenvalue weighted by atomic mass is 35.5. The smallest absolute Gasteiger partial charge is 0.139 e. The highest BCUT2D eigenvalue weighted by molar-refractivity contribution is 6.34. The summed E-state index contributed by atoms with van der Waals surface area (Å²) >= 11 is 12.3. The van der Waals surface area contributed by atoms with E-state index in [9.17, 15) is 5.11 Å². The molecule has 1 aliphatic heterocycles. The fraction of sp³-hybridized carbons (Fsp3) is 0.571. The molecule has 1 heterocycles. The molecule has 0 radical (unpaired) electrons. The van der Waals surface area contributed by atoms with Crippen molar-refractivity contribution in [1.29, 1.82) is 0 Å². The number of aliphatic hydroxyl groups excluding tert-OH is 1. The lowest BCUT2D eigenvalue weighted by Gasteiger charge is -2.20. The summed E-state index contributed by atoms with van der Waals surface area (Å²) in [5, 5.41) is 11.3. The van der Waals surface area contributed by atoms with E-state index in [1.165, 1.54) is 0 Å². The Bertz CT molecular complexity index is 451. The van der Waals surface area contributed by atoms with Crippen LogP contribution in [0.5, 0.6) is 5.75 Å². The lowest BCUT2D eigenvalue weighted by atomic mass is 10.0. The summed E-state index contributed by atoms with van der Waals surface area (Å²) in [6.45, 7) is 4.39. The van der Waals surface area contributed by atoms with Crippen LogP contribution in [0.2, 0.25) is 10.0 Å². The zero-order valence-corrected chi connectivity index (χ0v) is 12.5. The van der Waals surface area contributed by atoms with Crippen LogP contribution in [-0.4, -0.2) is 23.9 Å². The highest BCUT2D eigenvalue weighted by Gasteiger charge is 2.31. The van der Waals surface area contributed by atoms with Gasteiger partial charge in [0.1, 0.15) is 11.9 Å². The minimum absolute atomic E-state index is 0.177. The fourth-order valence-electron chi connectivity index (χ4n) is 2.30. The van der Waals surface area contributed by atoms with Gasteiger partial charge in [-0.2, -0.15) is 0 Å². The van der Waals surface area contributed by atoms with Gasteiger partial charge >= 0.3 is 0 Å². The monoisotopic (exact) mass is 304 g/mol. The number of rotatable bonds is 4. The molecule has 3 unspecified atom stereocenters. The van der Waals surface area contributed by atoms with Crippen LogP contribution >= 0.6 is 23.2 Å². The summed E-state index contributed by atoms with van der Waals surface area (Å²) in [4.78, 5) is 0. The predicted molar refractivity (Wildman–Crippen MR) is 76.2 cm³/mol. The van der Waals surface area contributed by atoms with Crippen molar-refractivity contribution < 1.29 is 14.6 Å². The van der Waals surface area contributed by atoms with Gasteiger partial charge in [-0.05, 0) is 32.8 Å². The first kappa shape index (κ1) is 14.9. The molecule has 1 aromatic rings. The molecule has 1 aromatic carbocycles. The minimum atomic E-state index is -0.759. The number of aliphatic hydroxyl groups is 1. The van der Waals surface area contributed by atoms with Gasteiger partial charge in [0.2, 0.25) is 0 Å². The molecule has 5 heteroatoms. The Balaban J connectivity index is 2.22. The Labute approximate surface area is 123 Å². The van der Waals surface area contributed by atoms with E-state index < -0.39 is 6.10 Å². The van der Waals surface area contributed by atoms with Crippen molar-refractivity contribution in [3.63, 3.8) is 0 Å². The average Bonchev–Trinajstić information content (AvgIpc) is 2.79. The number of hydrogen-bond acceptors (Lipinski definition) is 3. The molecule has 1 saturated heterocycles. The van der Waals surface area contributed by atoms with E-state index in [1.54, 1.807) is 12.1 Å². The normalized spacial score (nSPS) is 24.5. The second kappa shape index (κ2) is 6.31. The minimum Gasteiger partial charge on any atom is -0.492 e. The number of benzene rings is 1. The summed E-state index contributed by atoms with van der Waals surface area (Å²) in [6, 6.07) is 3.30. The van der Waals surface area contributed by atoms with Crippen LogP contribution in [0.3, 0.4) is 0 Å². The van der Waals surface area contributed by atoms with Crippen molar-refractivity contribution in [1.82, 2.24) is 0 Å². The van der Waals surface area contributed by atoms with Gasteiger partial charge in [-0.15, -0.1) is 0 Å². The molecule has 0 amide bonds. The van der Waals surface area contributed by atoms with Crippen molar-refractivity contribution in [3.05, 3.63) is 27.7 Å². The Morgan fingerprint density at radius 1 is 1.37 bits per heavy atom. The molecule has 1 fully saturated rings. The number of hydrogen-bond donors (Lipinski definition) is 1. The van der Waals surface area contributed by atoms with E-state index >= 15 is 0 Å². The van der Waals surface area contributed by atoms with Crippen LogP contribution in [0.15, 0.2) is 12.1 Å². The Morgan fingerprint density at radius 3 is 2.68 bits per heavy atom. The van der Waals surface area contributed by atoms with E-state index in [-0.39, 0.29) is 12.2 Å². The second-order valence-corrected chi connectivity index (χ2v) is 5.56. The van der Waals surface area contributed by atoms with Gasteiger partial charge in [-0.1, -0.05) is 23.2 Å². The van der Waals surface area contributed by atoms with E-state index in [0.717, 1.165) is 12.8 Å². The molecule has 19 heavy (non-hydrogen) atoms. The first-order chi connectivity index (χ1) is 9.02. The van der Waals surface area contributed by atoms with Gasteiger partial charge in [0.25, 0.3) is 0 Å². The molecule has 2 rings (SSSR count). The maximum Gasteiger partial charge on any atom is 0.139 e. The van der Waals surface area contributed by atoms with Crippen LogP contribution in [0.1, 0.15) is 38.4 Å². The van der Waals surface area contributed by atoms with Crippen LogP contribution in [0, 0.1) is 0 Å². The zero-order valence-electron chi connectivity index (χ0n) is 11.0. The zero-order chi connectivity index (χ0) is 14.0. The number of ether oxygens (including phenoxy) is 2. The van der Waals surface area contributed by atoms with Crippen LogP contribution in [0.25, 0.3) is 0 Å². The molecule has 0 saturated carbocycles. The summed E-state index contributed by atoms with van der Waals surface area (Å²) in [7, 11) is 0. The molecule has 0 spiro atoms. The summed E-state index contributed by atoms with van der Waals surface area (Å²) in [5.74, 6) is 0.533. The largest absolute Gasteiger partial charge is 0.492 e. The van der Waals surface area contributed by atoms with Gasteiger partial charge in [0.15, 0.2) is 0 Å². The third kappa shape index (κ3) is 3.34. The molecule has 1 aliphatic rings. The lowest BCUT2D eigenvalue weighted by molar-refractivity contribution is -0.0297. The van der Waals surface area contributed by atoms with E-state index in [1.807, 2.05) is 13.8 Å². The van der Waals surface area contributed by atoms with Gasteiger partial charge in [-0.25, -0.2) is 0 Å². The van der Waals surface area contributed by atoms with Gasteiger partial charge in [-0.3, -0.25) is 0 Å². The molecule has 1 N–H and O–H groups in total. The first-order valence-electron chi connectivity index (χ1n) is 6.48. The average molecular weight is 305 g/mol. The Hall–Kier alpha value is -0.480. The van der Waals surface area contributed by atoms with Crippen molar-refractivity contribution in [2.24, 2.45) is 0 Å². The summed E-state index contributed by atoms with van der Waals surface area (Å²) in [6.07, 6.45) is 0.969. The number of halogens is 2. The van der Waals surface area contributed by atoms with Gasteiger partial charge in [0.05, 0.1) is 28.9 Å².